The van der Waals surface area contributed by atoms with Crippen molar-refractivity contribution >= 4 is 40.2 Å². The molecule has 1 aromatic heterocycles. The molecule has 0 saturated heterocycles. The minimum atomic E-state index is -0.416. The van der Waals surface area contributed by atoms with Crippen LogP contribution in [0.4, 0.5) is 5.69 Å². The fourth-order valence-electron chi connectivity index (χ4n) is 2.37. The third-order valence-corrected chi connectivity index (χ3v) is 4.53. The van der Waals surface area contributed by atoms with Crippen LogP contribution in [0.15, 0.2) is 48.5 Å². The van der Waals surface area contributed by atoms with E-state index in [-0.39, 0.29) is 18.6 Å². The minimum Gasteiger partial charge on any atom is -0.459 e. The summed E-state index contributed by atoms with van der Waals surface area (Å²) in [7, 11) is 0. The first-order chi connectivity index (χ1) is 13.4. The fourth-order valence-corrected chi connectivity index (χ4v) is 2.90. The first-order valence-corrected chi connectivity index (χ1v) is 9.64. The molecular formula is C19H18IN5O3. The first-order valence-electron chi connectivity index (χ1n) is 8.56. The van der Waals surface area contributed by atoms with Crippen molar-refractivity contribution in [2.24, 2.45) is 0 Å². The van der Waals surface area contributed by atoms with Crippen LogP contribution >= 0.6 is 22.6 Å². The standard InChI is InChI=1S/C19H18IN5O3/c1-12(2)28-19(27)14-7-5-6-13(10-14)18-22-24-25(23-18)11-17(26)21-16-9-4-3-8-15(16)20/h3-10,12H,11H2,1-2H3,(H,21,26). The summed E-state index contributed by atoms with van der Waals surface area (Å²) in [6.45, 7) is 3.50. The Hall–Kier alpha value is -2.82. The Morgan fingerprint density at radius 3 is 2.71 bits per heavy atom. The number of halogens is 1. The van der Waals surface area contributed by atoms with Crippen molar-refractivity contribution in [3.8, 4) is 11.4 Å². The molecule has 3 aromatic rings. The number of tetrazole rings is 1. The molecule has 0 unspecified atom stereocenters. The topological polar surface area (TPSA) is 99.0 Å². The molecule has 0 aliphatic heterocycles. The van der Waals surface area contributed by atoms with Crippen molar-refractivity contribution in [3.63, 3.8) is 0 Å². The molecule has 0 atom stereocenters. The molecule has 1 heterocycles. The number of carbonyl (C=O) groups excluding carboxylic acids is 2. The fraction of sp³-hybridized carbons (Fsp3) is 0.211. The molecule has 0 spiro atoms. The highest BCUT2D eigenvalue weighted by Crippen LogP contribution is 2.18. The molecule has 0 aliphatic rings. The van der Waals surface area contributed by atoms with E-state index < -0.39 is 5.97 Å². The van der Waals surface area contributed by atoms with Crippen molar-refractivity contribution in [2.75, 3.05) is 5.32 Å². The smallest absolute Gasteiger partial charge is 0.338 e. The molecule has 28 heavy (non-hydrogen) atoms. The van der Waals surface area contributed by atoms with E-state index in [0.29, 0.717) is 17.0 Å². The van der Waals surface area contributed by atoms with Gasteiger partial charge in [-0.3, -0.25) is 4.79 Å². The van der Waals surface area contributed by atoms with E-state index in [2.05, 4.69) is 43.3 Å². The number of amides is 1. The van der Waals surface area contributed by atoms with Crippen molar-refractivity contribution < 1.29 is 14.3 Å². The predicted octanol–water partition coefficient (Wildman–Crippen LogP) is 3.15. The van der Waals surface area contributed by atoms with Gasteiger partial charge >= 0.3 is 5.97 Å². The van der Waals surface area contributed by atoms with Crippen LogP contribution in [0.3, 0.4) is 0 Å². The quantitative estimate of drug-likeness (QED) is 0.420. The first kappa shape index (κ1) is 19.9. The number of anilines is 1. The van der Waals surface area contributed by atoms with E-state index in [1.807, 2.05) is 24.3 Å². The van der Waals surface area contributed by atoms with E-state index in [4.69, 9.17) is 4.74 Å². The maximum Gasteiger partial charge on any atom is 0.338 e. The lowest BCUT2D eigenvalue weighted by Crippen LogP contribution is -2.20. The van der Waals surface area contributed by atoms with Crippen LogP contribution in [0, 0.1) is 3.57 Å². The number of hydrogen-bond acceptors (Lipinski definition) is 6. The van der Waals surface area contributed by atoms with Crippen LogP contribution in [0.1, 0.15) is 24.2 Å². The summed E-state index contributed by atoms with van der Waals surface area (Å²) in [5.74, 6) is -0.357. The normalized spacial score (nSPS) is 10.7. The monoisotopic (exact) mass is 491 g/mol. The van der Waals surface area contributed by atoms with E-state index in [1.54, 1.807) is 38.1 Å². The number of hydrogen-bond donors (Lipinski definition) is 1. The van der Waals surface area contributed by atoms with Crippen LogP contribution in [0.25, 0.3) is 11.4 Å². The summed E-state index contributed by atoms with van der Waals surface area (Å²) in [5.41, 5.74) is 1.74. The SMILES string of the molecule is CC(C)OC(=O)c1cccc(-c2nnn(CC(=O)Nc3ccccc3I)n2)c1. The van der Waals surface area contributed by atoms with E-state index in [0.717, 1.165) is 9.26 Å². The molecule has 9 heteroatoms. The predicted molar refractivity (Wildman–Crippen MR) is 112 cm³/mol. The third-order valence-electron chi connectivity index (χ3n) is 3.59. The van der Waals surface area contributed by atoms with Crippen molar-refractivity contribution in [1.29, 1.82) is 0 Å². The second kappa shape index (κ2) is 8.91. The number of esters is 1. The number of nitrogens with zero attached hydrogens (tertiary/aromatic N) is 4. The van der Waals surface area contributed by atoms with Gasteiger partial charge in [0.15, 0.2) is 0 Å². The van der Waals surface area contributed by atoms with Gasteiger partial charge in [0.05, 0.1) is 17.4 Å². The van der Waals surface area contributed by atoms with Gasteiger partial charge in [0.2, 0.25) is 11.7 Å². The third kappa shape index (κ3) is 5.12. The number of nitrogens with one attached hydrogen (secondary N) is 1. The summed E-state index contributed by atoms with van der Waals surface area (Å²) < 4.78 is 6.13. The zero-order valence-electron chi connectivity index (χ0n) is 15.3. The maximum atomic E-state index is 12.2. The summed E-state index contributed by atoms with van der Waals surface area (Å²) in [5, 5.41) is 14.9. The highest BCUT2D eigenvalue weighted by molar-refractivity contribution is 14.1. The van der Waals surface area contributed by atoms with E-state index in [9.17, 15) is 9.59 Å². The summed E-state index contributed by atoms with van der Waals surface area (Å²) in [6.07, 6.45) is -0.207. The summed E-state index contributed by atoms with van der Waals surface area (Å²) >= 11 is 2.15. The van der Waals surface area contributed by atoms with Gasteiger partial charge < -0.3 is 10.1 Å². The van der Waals surface area contributed by atoms with Crippen LogP contribution in [-0.2, 0) is 16.1 Å². The molecule has 1 N–H and O–H groups in total. The van der Waals surface area contributed by atoms with Gasteiger partial charge in [-0.25, -0.2) is 4.79 Å². The highest BCUT2D eigenvalue weighted by atomic mass is 127. The number of rotatable bonds is 6. The number of aromatic nitrogens is 4. The molecule has 0 bridgehead atoms. The minimum absolute atomic E-state index is 0.0763. The van der Waals surface area contributed by atoms with Crippen LogP contribution in [0.2, 0.25) is 0 Å². The number of benzene rings is 2. The van der Waals surface area contributed by atoms with E-state index >= 15 is 0 Å². The van der Waals surface area contributed by atoms with E-state index in [1.165, 1.54) is 4.80 Å². The van der Waals surface area contributed by atoms with Gasteiger partial charge in [-0.2, -0.15) is 4.80 Å². The number of ether oxygens (including phenoxy) is 1. The second-order valence-electron chi connectivity index (χ2n) is 6.21. The zero-order valence-corrected chi connectivity index (χ0v) is 17.5. The van der Waals surface area contributed by atoms with Crippen molar-refractivity contribution in [3.05, 3.63) is 57.7 Å². The molecule has 0 aliphatic carbocycles. The number of para-hydroxylation sites is 1. The van der Waals surface area contributed by atoms with Crippen LogP contribution in [-0.4, -0.2) is 38.2 Å². The lowest BCUT2D eigenvalue weighted by molar-refractivity contribution is -0.117. The van der Waals surface area contributed by atoms with Crippen LogP contribution < -0.4 is 5.32 Å². The Labute approximate surface area is 175 Å². The van der Waals surface area contributed by atoms with Gasteiger partial charge in [0.1, 0.15) is 6.54 Å². The molecular weight excluding hydrogens is 473 g/mol. The molecule has 3 rings (SSSR count). The molecule has 1 amide bonds. The lowest BCUT2D eigenvalue weighted by Gasteiger charge is -2.08. The molecule has 0 fully saturated rings. The summed E-state index contributed by atoms with van der Waals surface area (Å²) in [4.78, 5) is 25.5. The van der Waals surface area contributed by atoms with Gasteiger partial charge in [-0.15, -0.1) is 10.2 Å². The Balaban J connectivity index is 1.69. The second-order valence-corrected chi connectivity index (χ2v) is 7.37. The largest absolute Gasteiger partial charge is 0.459 e. The Kier molecular flexibility index (Phi) is 6.34. The van der Waals surface area contributed by atoms with Crippen molar-refractivity contribution in [1.82, 2.24) is 20.2 Å². The molecule has 144 valence electrons. The van der Waals surface area contributed by atoms with Gasteiger partial charge in [-0.1, -0.05) is 24.3 Å². The molecule has 0 saturated carbocycles. The molecule has 2 aromatic carbocycles. The number of carbonyl (C=O) groups is 2. The average molecular weight is 491 g/mol. The molecule has 0 radical (unpaired) electrons. The average Bonchev–Trinajstić information content (AvgIpc) is 3.11. The Morgan fingerprint density at radius 1 is 1.18 bits per heavy atom. The van der Waals surface area contributed by atoms with Crippen LogP contribution in [0.5, 0.6) is 0 Å². The van der Waals surface area contributed by atoms with Gasteiger partial charge in [0, 0.05) is 9.13 Å². The van der Waals surface area contributed by atoms with Gasteiger partial charge in [-0.05, 0) is 65.9 Å². The lowest BCUT2D eigenvalue weighted by atomic mass is 10.1. The summed E-state index contributed by atoms with van der Waals surface area (Å²) in [6, 6.07) is 14.2. The molecule has 8 nitrogen and oxygen atoms in total. The maximum absolute atomic E-state index is 12.2. The zero-order chi connectivity index (χ0) is 20.1. The van der Waals surface area contributed by atoms with Gasteiger partial charge in [0.25, 0.3) is 0 Å². The highest BCUT2D eigenvalue weighted by Gasteiger charge is 2.14. The Bertz CT molecular complexity index is 1000. The Morgan fingerprint density at radius 2 is 1.96 bits per heavy atom. The van der Waals surface area contributed by atoms with Crippen molar-refractivity contribution in [2.45, 2.75) is 26.5 Å².